The molecule has 17 heteroatoms. The van der Waals surface area contributed by atoms with Crippen molar-refractivity contribution in [2.24, 2.45) is 0 Å². The van der Waals surface area contributed by atoms with Crippen molar-refractivity contribution in [1.82, 2.24) is 0 Å². The number of hydrogen-bond acceptors (Lipinski definition) is 17. The average molecular weight is 851 g/mol. The number of rotatable bonds is 12. The minimum atomic E-state index is -1.79. The van der Waals surface area contributed by atoms with Crippen molar-refractivity contribution in [2.75, 3.05) is 6.61 Å². The second-order valence-electron chi connectivity index (χ2n) is 13.7. The first-order chi connectivity index (χ1) is 29.6. The van der Waals surface area contributed by atoms with E-state index in [0.29, 0.717) is 11.1 Å². The predicted octanol–water partition coefficient (Wildman–Crippen LogP) is 5.62. The number of carbonyl (C=O) groups is 7. The number of carbonyl (C=O) groups excluding carboxylic acids is 7. The first-order valence-electron chi connectivity index (χ1n) is 18.9. The van der Waals surface area contributed by atoms with E-state index >= 15 is 0 Å². The average Bonchev–Trinajstić information content (AvgIpc) is 3.22. The zero-order chi connectivity index (χ0) is 44.7. The fraction of sp³-hybridized carbons (Fsp3) is 0.244. The molecule has 0 N–H and O–H groups in total. The van der Waals surface area contributed by atoms with Crippen LogP contribution >= 0.6 is 0 Å². The molecular formula is C45H38O17. The highest BCUT2D eigenvalue weighted by molar-refractivity contribution is 5.96. The van der Waals surface area contributed by atoms with Gasteiger partial charge in [-0.3, -0.25) is 28.8 Å². The lowest BCUT2D eigenvalue weighted by atomic mass is 9.88. The third-order valence-corrected chi connectivity index (χ3v) is 9.07. The fourth-order valence-electron chi connectivity index (χ4n) is 6.65. The molecule has 0 radical (unpaired) electrons. The van der Waals surface area contributed by atoms with Crippen LogP contribution in [0.1, 0.15) is 67.0 Å². The monoisotopic (exact) mass is 850 g/mol. The second-order valence-corrected chi connectivity index (χ2v) is 13.7. The molecule has 2 heterocycles. The van der Waals surface area contributed by atoms with Gasteiger partial charge in [-0.1, -0.05) is 36.4 Å². The fourth-order valence-corrected chi connectivity index (χ4v) is 6.65. The van der Waals surface area contributed by atoms with Gasteiger partial charge in [0.1, 0.15) is 47.0 Å². The maximum absolute atomic E-state index is 14.4. The molecule has 5 aromatic rings. The Morgan fingerprint density at radius 1 is 0.581 bits per heavy atom. The molecule has 0 amide bonds. The Morgan fingerprint density at radius 2 is 1.13 bits per heavy atom. The zero-order valence-electron chi connectivity index (χ0n) is 33.8. The summed E-state index contributed by atoms with van der Waals surface area (Å²) in [6, 6.07) is 24.2. The van der Waals surface area contributed by atoms with Gasteiger partial charge in [-0.2, -0.15) is 0 Å². The van der Waals surface area contributed by atoms with Crippen molar-refractivity contribution in [3.05, 3.63) is 124 Å². The molecule has 1 aliphatic heterocycles. The van der Waals surface area contributed by atoms with Gasteiger partial charge in [-0.15, -0.1) is 0 Å². The topological polar surface area (TPSA) is 224 Å². The van der Waals surface area contributed by atoms with Crippen LogP contribution in [0.25, 0.3) is 22.3 Å². The summed E-state index contributed by atoms with van der Waals surface area (Å²) < 4.78 is 51.8. The third-order valence-electron chi connectivity index (χ3n) is 9.07. The van der Waals surface area contributed by atoms with E-state index in [9.17, 15) is 38.4 Å². The Labute approximate surface area is 352 Å². The molecule has 5 atom stereocenters. The molecule has 17 nitrogen and oxygen atoms in total. The lowest BCUT2D eigenvalue weighted by Crippen LogP contribution is -2.59. The SMILES string of the molecule is CC(=O)OC[C@H]1O[C@@H](c2c(OC(C)=O)cc3oc(-c4ccc(OC(=O)c5ccccc5)cc4)cc(=O)c3c2OC(=O)c2ccccc2)[C@H](OC(C)=O)[C@@H](OC(C)=O)[C@@H]1OC(C)=O. The molecule has 6 rings (SSSR count). The van der Waals surface area contributed by atoms with Gasteiger partial charge in [-0.25, -0.2) is 9.59 Å². The largest absolute Gasteiger partial charge is 0.463 e. The van der Waals surface area contributed by atoms with Gasteiger partial charge in [-0.05, 0) is 48.5 Å². The van der Waals surface area contributed by atoms with Gasteiger partial charge in [0, 0.05) is 52.3 Å². The van der Waals surface area contributed by atoms with Gasteiger partial charge in [0.25, 0.3) is 0 Å². The first kappa shape index (κ1) is 43.9. The van der Waals surface area contributed by atoms with Crippen LogP contribution in [0, 0.1) is 0 Å². The predicted molar refractivity (Wildman–Crippen MR) is 213 cm³/mol. The van der Waals surface area contributed by atoms with E-state index in [4.69, 9.17) is 42.3 Å². The van der Waals surface area contributed by atoms with Crippen LogP contribution in [0.2, 0.25) is 0 Å². The zero-order valence-corrected chi connectivity index (χ0v) is 33.8. The van der Waals surface area contributed by atoms with Crippen LogP contribution in [0.3, 0.4) is 0 Å². The van der Waals surface area contributed by atoms with Gasteiger partial charge in [0.2, 0.25) is 0 Å². The summed E-state index contributed by atoms with van der Waals surface area (Å²) >= 11 is 0. The van der Waals surface area contributed by atoms with E-state index in [1.54, 1.807) is 48.5 Å². The molecule has 4 aromatic carbocycles. The van der Waals surface area contributed by atoms with E-state index in [-0.39, 0.29) is 33.6 Å². The summed E-state index contributed by atoms with van der Waals surface area (Å²) in [6.07, 6.45) is -8.34. The molecule has 62 heavy (non-hydrogen) atoms. The lowest BCUT2D eigenvalue weighted by Gasteiger charge is -2.45. The van der Waals surface area contributed by atoms with E-state index in [0.717, 1.165) is 46.8 Å². The molecule has 1 fully saturated rings. The number of hydrogen-bond donors (Lipinski definition) is 0. The molecule has 0 bridgehead atoms. The second kappa shape index (κ2) is 19.2. The Hall–Kier alpha value is -7.66. The van der Waals surface area contributed by atoms with Crippen molar-refractivity contribution in [3.8, 4) is 28.6 Å². The van der Waals surface area contributed by atoms with Crippen LogP contribution < -0.4 is 19.6 Å². The third kappa shape index (κ3) is 10.4. The number of benzene rings is 4. The van der Waals surface area contributed by atoms with Gasteiger partial charge in [0.05, 0.1) is 16.7 Å². The summed E-state index contributed by atoms with van der Waals surface area (Å²) in [5, 5.41) is -0.384. The molecule has 0 saturated carbocycles. The smallest absolute Gasteiger partial charge is 0.343 e. The van der Waals surface area contributed by atoms with Crippen LogP contribution in [-0.4, -0.2) is 72.8 Å². The number of esters is 7. The van der Waals surface area contributed by atoms with Crippen LogP contribution in [0.15, 0.2) is 106 Å². The summed E-state index contributed by atoms with van der Waals surface area (Å²) in [5.74, 6) is -6.93. The van der Waals surface area contributed by atoms with Gasteiger partial charge < -0.3 is 42.3 Å². The van der Waals surface area contributed by atoms with Crippen LogP contribution in [0.5, 0.6) is 17.2 Å². The Bertz CT molecular complexity index is 2580. The summed E-state index contributed by atoms with van der Waals surface area (Å²) in [4.78, 5) is 104. The molecule has 1 aromatic heterocycles. The van der Waals surface area contributed by atoms with Crippen LogP contribution in [0.4, 0.5) is 0 Å². The standard InChI is InChI=1S/C45H38O17/c1-23(46)54-22-36-39(56-25(3)48)42(57-26(4)49)43(58-27(5)50)41(61-36)38-35(55-24(2)47)21-34-37(40(38)62-45(53)30-14-10-7-11-15-30)32(51)20-33(60-34)28-16-18-31(19-17-28)59-44(52)29-12-8-6-9-13-29/h6-21,36,39,41-43H,22H2,1-5H3/t36-,39-,41+,42+,43+/m1/s1. The minimum absolute atomic E-state index is 0.0140. The number of ether oxygens (including phenoxy) is 8. The highest BCUT2D eigenvalue weighted by Gasteiger charge is 2.54. The molecule has 0 aliphatic carbocycles. The van der Waals surface area contributed by atoms with E-state index < -0.39 is 95.8 Å². The minimum Gasteiger partial charge on any atom is -0.463 e. The maximum Gasteiger partial charge on any atom is 0.343 e. The van der Waals surface area contributed by atoms with Crippen molar-refractivity contribution >= 4 is 52.8 Å². The van der Waals surface area contributed by atoms with E-state index in [1.165, 1.54) is 36.4 Å². The molecule has 1 saturated heterocycles. The highest BCUT2D eigenvalue weighted by Crippen LogP contribution is 2.48. The summed E-state index contributed by atoms with van der Waals surface area (Å²) in [7, 11) is 0. The Morgan fingerprint density at radius 3 is 1.68 bits per heavy atom. The van der Waals surface area contributed by atoms with Crippen molar-refractivity contribution < 1.29 is 75.9 Å². The highest BCUT2D eigenvalue weighted by atomic mass is 16.7. The quantitative estimate of drug-likeness (QED) is 0.0843. The van der Waals surface area contributed by atoms with Crippen molar-refractivity contribution in [2.45, 2.75) is 65.1 Å². The summed E-state index contributed by atoms with van der Waals surface area (Å²) in [6.45, 7) is 4.62. The van der Waals surface area contributed by atoms with Crippen molar-refractivity contribution in [1.29, 1.82) is 0 Å². The molecule has 1 aliphatic rings. The van der Waals surface area contributed by atoms with E-state index in [2.05, 4.69) is 0 Å². The molecule has 320 valence electrons. The Balaban J connectivity index is 1.57. The van der Waals surface area contributed by atoms with Crippen LogP contribution in [-0.2, 0) is 47.7 Å². The lowest BCUT2D eigenvalue weighted by molar-refractivity contribution is -0.254. The molecule has 0 spiro atoms. The molecular weight excluding hydrogens is 812 g/mol. The normalized spacial score (nSPS) is 18.1. The summed E-state index contributed by atoms with van der Waals surface area (Å²) in [5.41, 5.74) is -0.776. The Kier molecular flexibility index (Phi) is 13.6. The van der Waals surface area contributed by atoms with Gasteiger partial charge in [0.15, 0.2) is 29.5 Å². The first-order valence-corrected chi connectivity index (χ1v) is 18.9. The number of fused-ring (bicyclic) bond motifs is 1. The van der Waals surface area contributed by atoms with Crippen molar-refractivity contribution in [3.63, 3.8) is 0 Å². The van der Waals surface area contributed by atoms with E-state index in [1.807, 2.05) is 0 Å². The maximum atomic E-state index is 14.4. The molecule has 0 unspecified atom stereocenters. The van der Waals surface area contributed by atoms with Gasteiger partial charge >= 0.3 is 41.8 Å².